The lowest BCUT2D eigenvalue weighted by molar-refractivity contribution is -0.126. The number of rotatable bonds is 6. The Hall–Kier alpha value is -2.95. The van der Waals surface area contributed by atoms with E-state index in [0.29, 0.717) is 0 Å². The molecule has 1 aliphatic carbocycles. The van der Waals surface area contributed by atoms with Crippen LogP contribution in [0.3, 0.4) is 0 Å². The summed E-state index contributed by atoms with van der Waals surface area (Å²) in [5.74, 6) is -2.73. The van der Waals surface area contributed by atoms with Gasteiger partial charge in [-0.05, 0) is 67.9 Å². The zero-order valence-electron chi connectivity index (χ0n) is 23.5. The Morgan fingerprint density at radius 3 is 2.14 bits per heavy atom. The Morgan fingerprint density at radius 2 is 1.65 bits per heavy atom. The first-order chi connectivity index (χ1) is 17.5. The summed E-state index contributed by atoms with van der Waals surface area (Å²) in [7, 11) is 1.72. The van der Waals surface area contributed by atoms with Crippen molar-refractivity contribution in [2.75, 3.05) is 7.05 Å². The number of hydrogen-bond acceptors (Lipinski definition) is 3. The molecular formula is C32H43F2NO2. The normalized spacial score (nSPS) is 17.1. The number of hydrogen-bond donors (Lipinski definition) is 0. The van der Waals surface area contributed by atoms with E-state index in [9.17, 15) is 18.4 Å². The average Bonchev–Trinajstić information content (AvgIpc) is 2.89. The second-order valence-corrected chi connectivity index (χ2v) is 9.87. The second kappa shape index (κ2) is 15.3. The fourth-order valence-electron chi connectivity index (χ4n) is 4.40. The molecule has 0 aliphatic heterocycles. The molecule has 1 atom stereocenters. The Kier molecular flexibility index (Phi) is 13.3. The molecule has 2 aromatic rings. The minimum absolute atomic E-state index is 0.0947. The molecule has 0 saturated heterocycles. The first kappa shape index (κ1) is 32.1. The molecule has 1 fully saturated rings. The standard InChI is InChI=1S/C20H25F2NO.C9H10O.C3H8/c1-4-16(13-23-3)18-7-5-6-17(12-18)15(2)19(14-24)8-10-20(21,22)11-9-19;1-7-3-4-8(2)9(5-7)6-10;1-3-2/h4-7,12-15H,8-11H2,1-3H3;3-6H,1-2H3;3H2,1-2H3/b16-4+,23-13?;;. The minimum Gasteiger partial charge on any atom is -0.303 e. The molecule has 202 valence electrons. The maximum Gasteiger partial charge on any atom is 0.248 e. The molecule has 0 aromatic heterocycles. The molecule has 0 radical (unpaired) electrons. The zero-order chi connectivity index (χ0) is 28.1. The van der Waals surface area contributed by atoms with Crippen LogP contribution in [-0.2, 0) is 4.79 Å². The van der Waals surface area contributed by atoms with Gasteiger partial charge in [0, 0.05) is 37.1 Å². The van der Waals surface area contributed by atoms with E-state index in [0.717, 1.165) is 46.0 Å². The Labute approximate surface area is 222 Å². The maximum absolute atomic E-state index is 13.5. The van der Waals surface area contributed by atoms with Gasteiger partial charge >= 0.3 is 0 Å². The minimum atomic E-state index is -2.64. The van der Waals surface area contributed by atoms with E-state index < -0.39 is 11.3 Å². The number of aryl methyl sites for hydroxylation is 2. The summed E-state index contributed by atoms with van der Waals surface area (Å²) in [6, 6.07) is 13.8. The van der Waals surface area contributed by atoms with Crippen LogP contribution in [0.1, 0.15) is 98.3 Å². The van der Waals surface area contributed by atoms with Crippen LogP contribution < -0.4 is 0 Å². The summed E-state index contributed by atoms with van der Waals surface area (Å²) in [6.45, 7) is 12.1. The van der Waals surface area contributed by atoms with E-state index in [1.54, 1.807) is 13.3 Å². The third-order valence-corrected chi connectivity index (χ3v) is 6.87. The fourth-order valence-corrected chi connectivity index (χ4v) is 4.40. The molecule has 0 amide bonds. The predicted molar refractivity (Wildman–Crippen MR) is 152 cm³/mol. The molecule has 0 heterocycles. The lowest BCUT2D eigenvalue weighted by atomic mass is 9.64. The van der Waals surface area contributed by atoms with Crippen molar-refractivity contribution in [3.63, 3.8) is 0 Å². The van der Waals surface area contributed by atoms with Crippen LogP contribution in [0.2, 0.25) is 0 Å². The molecule has 1 saturated carbocycles. The van der Waals surface area contributed by atoms with Gasteiger partial charge in [0.15, 0.2) is 0 Å². The van der Waals surface area contributed by atoms with Crippen LogP contribution in [0.25, 0.3) is 5.57 Å². The monoisotopic (exact) mass is 511 g/mol. The number of carbonyl (C=O) groups excluding carboxylic acids is 2. The van der Waals surface area contributed by atoms with Gasteiger partial charge < -0.3 is 4.79 Å². The molecule has 0 spiro atoms. The van der Waals surface area contributed by atoms with E-state index in [4.69, 9.17) is 0 Å². The van der Waals surface area contributed by atoms with Gasteiger partial charge in [0.2, 0.25) is 5.92 Å². The van der Waals surface area contributed by atoms with Crippen molar-refractivity contribution in [2.24, 2.45) is 10.4 Å². The summed E-state index contributed by atoms with van der Waals surface area (Å²) in [5, 5.41) is 0. The first-order valence-electron chi connectivity index (χ1n) is 13.1. The van der Waals surface area contributed by atoms with Gasteiger partial charge in [0.25, 0.3) is 0 Å². The number of aliphatic imine (C=N–C) groups is 1. The molecule has 5 heteroatoms. The number of benzene rings is 2. The van der Waals surface area contributed by atoms with Gasteiger partial charge in [-0.2, -0.15) is 0 Å². The van der Waals surface area contributed by atoms with Crippen molar-refractivity contribution in [3.8, 4) is 0 Å². The summed E-state index contributed by atoms with van der Waals surface area (Å²) in [6.07, 6.45) is 6.88. The highest BCUT2D eigenvalue weighted by Gasteiger charge is 2.46. The highest BCUT2D eigenvalue weighted by atomic mass is 19.3. The molecule has 1 aliphatic rings. The van der Waals surface area contributed by atoms with Gasteiger partial charge in [-0.15, -0.1) is 0 Å². The van der Waals surface area contributed by atoms with Gasteiger partial charge in [-0.25, -0.2) is 8.78 Å². The van der Waals surface area contributed by atoms with Crippen molar-refractivity contribution >= 4 is 24.4 Å². The molecule has 1 unspecified atom stereocenters. The van der Waals surface area contributed by atoms with E-state index in [2.05, 4.69) is 18.8 Å². The molecule has 3 rings (SSSR count). The third-order valence-electron chi connectivity index (χ3n) is 6.87. The lowest BCUT2D eigenvalue weighted by Crippen LogP contribution is -2.38. The topological polar surface area (TPSA) is 46.5 Å². The summed E-state index contributed by atoms with van der Waals surface area (Å²) in [4.78, 5) is 26.2. The van der Waals surface area contributed by atoms with E-state index in [-0.39, 0.29) is 31.6 Å². The first-order valence-corrected chi connectivity index (χ1v) is 13.1. The number of halogens is 2. The van der Waals surface area contributed by atoms with Crippen molar-refractivity contribution in [2.45, 2.75) is 85.5 Å². The average molecular weight is 512 g/mol. The smallest absolute Gasteiger partial charge is 0.248 e. The Morgan fingerprint density at radius 1 is 1.03 bits per heavy atom. The zero-order valence-corrected chi connectivity index (χ0v) is 23.5. The number of carbonyl (C=O) groups is 2. The van der Waals surface area contributed by atoms with Crippen molar-refractivity contribution in [1.82, 2.24) is 0 Å². The predicted octanol–water partition coefficient (Wildman–Crippen LogP) is 8.82. The lowest BCUT2D eigenvalue weighted by Gasteiger charge is -2.40. The largest absolute Gasteiger partial charge is 0.303 e. The van der Waals surface area contributed by atoms with Crippen LogP contribution in [0.15, 0.2) is 53.5 Å². The van der Waals surface area contributed by atoms with Gasteiger partial charge in [0.05, 0.1) is 0 Å². The molecular weight excluding hydrogens is 468 g/mol. The number of allylic oxidation sites excluding steroid dienone is 2. The van der Waals surface area contributed by atoms with Gasteiger partial charge in [0.1, 0.15) is 12.6 Å². The number of nitrogens with zero attached hydrogens (tertiary/aromatic N) is 1. The number of aldehydes is 2. The van der Waals surface area contributed by atoms with Gasteiger partial charge in [-0.3, -0.25) is 9.79 Å². The van der Waals surface area contributed by atoms with Crippen molar-refractivity contribution in [1.29, 1.82) is 0 Å². The SMILES string of the molecule is C/C=C(\C=NC)c1cccc(C(C)C2(C=O)CCC(F)(F)CC2)c1.CCC.Cc1ccc(C)c(C=O)c1. The summed E-state index contributed by atoms with van der Waals surface area (Å²) >= 11 is 0. The Bertz CT molecular complexity index is 1060. The van der Waals surface area contributed by atoms with Crippen LogP contribution in [0.4, 0.5) is 8.78 Å². The molecule has 0 bridgehead atoms. The fraction of sp³-hybridized carbons (Fsp3) is 0.469. The van der Waals surface area contributed by atoms with E-state index in [1.165, 1.54) is 6.42 Å². The highest BCUT2D eigenvalue weighted by molar-refractivity contribution is 6.09. The van der Waals surface area contributed by atoms with Crippen LogP contribution in [0, 0.1) is 19.3 Å². The van der Waals surface area contributed by atoms with Crippen LogP contribution >= 0.6 is 0 Å². The van der Waals surface area contributed by atoms with Gasteiger partial charge in [-0.1, -0.05) is 75.2 Å². The Balaban J connectivity index is 0.000000435. The van der Waals surface area contributed by atoms with E-state index >= 15 is 0 Å². The second-order valence-electron chi connectivity index (χ2n) is 9.87. The molecule has 2 aromatic carbocycles. The quantitative estimate of drug-likeness (QED) is 0.287. The summed E-state index contributed by atoms with van der Waals surface area (Å²) in [5.41, 5.74) is 5.30. The van der Waals surface area contributed by atoms with Crippen molar-refractivity contribution in [3.05, 3.63) is 76.4 Å². The summed E-state index contributed by atoms with van der Waals surface area (Å²) < 4.78 is 27.0. The third kappa shape index (κ3) is 9.46. The van der Waals surface area contributed by atoms with Crippen LogP contribution in [-0.4, -0.2) is 31.8 Å². The number of alkyl halides is 2. The van der Waals surface area contributed by atoms with E-state index in [1.807, 2.05) is 76.2 Å². The molecule has 0 N–H and O–H groups in total. The van der Waals surface area contributed by atoms with Crippen LogP contribution in [0.5, 0.6) is 0 Å². The maximum atomic E-state index is 13.5. The van der Waals surface area contributed by atoms with Crippen molar-refractivity contribution < 1.29 is 18.4 Å². The molecule has 37 heavy (non-hydrogen) atoms. The highest BCUT2D eigenvalue weighted by Crippen LogP contribution is 2.50. The molecule has 3 nitrogen and oxygen atoms in total.